The smallest absolute Gasteiger partial charge is 0.227 e. The molecule has 1 atom stereocenters. The number of nitrogens with zero attached hydrogens (tertiary/aromatic N) is 4. The van der Waals surface area contributed by atoms with Gasteiger partial charge in [0.25, 0.3) is 0 Å². The average molecular weight is 393 g/mol. The summed E-state index contributed by atoms with van der Waals surface area (Å²) in [6.45, 7) is 2.83. The van der Waals surface area contributed by atoms with E-state index in [-0.39, 0.29) is 23.7 Å². The zero-order valence-electron chi connectivity index (χ0n) is 16.5. The van der Waals surface area contributed by atoms with E-state index in [2.05, 4.69) is 20.2 Å². The number of likely N-dealkylation sites (tertiary alicyclic amines) is 1. The van der Waals surface area contributed by atoms with Crippen molar-refractivity contribution >= 4 is 23.5 Å². The Balaban J connectivity index is 1.29. The van der Waals surface area contributed by atoms with E-state index >= 15 is 0 Å². The molecule has 2 aliphatic rings. The second-order valence-corrected chi connectivity index (χ2v) is 7.79. The second kappa shape index (κ2) is 9.03. The summed E-state index contributed by atoms with van der Waals surface area (Å²) in [6, 6.07) is 11.3. The number of piperidine rings is 2. The molecule has 7 nitrogen and oxygen atoms in total. The Morgan fingerprint density at radius 1 is 0.897 bits per heavy atom. The summed E-state index contributed by atoms with van der Waals surface area (Å²) in [5.41, 5.74) is 0.821. The van der Waals surface area contributed by atoms with Gasteiger partial charge in [-0.25, -0.2) is 9.97 Å². The van der Waals surface area contributed by atoms with Gasteiger partial charge in [0.15, 0.2) is 0 Å². The van der Waals surface area contributed by atoms with Crippen molar-refractivity contribution in [3.8, 4) is 0 Å². The third-order valence-corrected chi connectivity index (χ3v) is 5.82. The predicted octanol–water partition coefficient (Wildman–Crippen LogP) is 2.57. The van der Waals surface area contributed by atoms with E-state index in [0.29, 0.717) is 38.4 Å². The van der Waals surface area contributed by atoms with Gasteiger partial charge in [-0.3, -0.25) is 9.59 Å². The number of nitrogens with one attached hydrogen (secondary N) is 1. The van der Waals surface area contributed by atoms with Crippen molar-refractivity contribution in [1.82, 2.24) is 14.9 Å². The van der Waals surface area contributed by atoms with E-state index < -0.39 is 0 Å². The first-order chi connectivity index (χ1) is 14.2. The van der Waals surface area contributed by atoms with Crippen LogP contribution in [0.4, 0.5) is 11.6 Å². The normalized spacial score (nSPS) is 20.3. The predicted molar refractivity (Wildman–Crippen MR) is 111 cm³/mol. The lowest BCUT2D eigenvalue weighted by atomic mass is 9.92. The van der Waals surface area contributed by atoms with Crippen LogP contribution in [0.15, 0.2) is 48.8 Å². The molecule has 2 aromatic rings. The van der Waals surface area contributed by atoms with E-state index in [4.69, 9.17) is 0 Å². The zero-order chi connectivity index (χ0) is 20.1. The Morgan fingerprint density at radius 3 is 2.34 bits per heavy atom. The van der Waals surface area contributed by atoms with Gasteiger partial charge in [-0.1, -0.05) is 18.2 Å². The van der Waals surface area contributed by atoms with Crippen LogP contribution < -0.4 is 10.2 Å². The van der Waals surface area contributed by atoms with Gasteiger partial charge in [0.2, 0.25) is 17.8 Å². The molecule has 2 fully saturated rings. The maximum atomic E-state index is 13.1. The Labute approximate surface area is 171 Å². The molecule has 2 saturated heterocycles. The number of rotatable bonds is 4. The fourth-order valence-corrected chi connectivity index (χ4v) is 4.20. The molecule has 1 aromatic carbocycles. The maximum absolute atomic E-state index is 13.1. The van der Waals surface area contributed by atoms with Gasteiger partial charge in [-0.2, -0.15) is 0 Å². The first-order valence-corrected chi connectivity index (χ1v) is 10.4. The van der Waals surface area contributed by atoms with Crippen LogP contribution >= 0.6 is 0 Å². The van der Waals surface area contributed by atoms with Crippen molar-refractivity contribution in [2.45, 2.75) is 25.7 Å². The molecular weight excluding hydrogens is 366 g/mol. The van der Waals surface area contributed by atoms with E-state index in [1.807, 2.05) is 35.2 Å². The van der Waals surface area contributed by atoms with Crippen LogP contribution in [0.1, 0.15) is 25.7 Å². The molecule has 29 heavy (non-hydrogen) atoms. The summed E-state index contributed by atoms with van der Waals surface area (Å²) >= 11 is 0. The summed E-state index contributed by atoms with van der Waals surface area (Å²) in [5, 5.41) is 2.98. The minimum absolute atomic E-state index is 0.0257. The highest BCUT2D eigenvalue weighted by molar-refractivity contribution is 5.92. The lowest BCUT2D eigenvalue weighted by Gasteiger charge is -2.37. The van der Waals surface area contributed by atoms with Crippen LogP contribution in [0, 0.1) is 11.8 Å². The number of benzene rings is 1. The van der Waals surface area contributed by atoms with Gasteiger partial charge in [-0.05, 0) is 43.9 Å². The van der Waals surface area contributed by atoms with E-state index in [9.17, 15) is 9.59 Å². The Hall–Kier alpha value is -2.96. The summed E-state index contributed by atoms with van der Waals surface area (Å²) in [4.78, 5) is 38.2. The molecule has 0 bridgehead atoms. The zero-order valence-corrected chi connectivity index (χ0v) is 16.5. The lowest BCUT2D eigenvalue weighted by Crippen LogP contribution is -2.48. The molecule has 1 N–H and O–H groups in total. The molecular formula is C22H27N5O2. The Kier molecular flexibility index (Phi) is 6.03. The van der Waals surface area contributed by atoms with Crippen molar-refractivity contribution in [3.63, 3.8) is 0 Å². The number of carbonyl (C=O) groups excluding carboxylic acids is 2. The SMILES string of the molecule is O=C(Nc1ccccc1)C1CCN(C(=O)C2CCCN(c3ncccn3)C2)CC1. The summed E-state index contributed by atoms with van der Waals surface area (Å²) in [6.07, 6.45) is 6.75. The van der Waals surface area contributed by atoms with Gasteiger partial charge >= 0.3 is 0 Å². The Bertz CT molecular complexity index is 822. The van der Waals surface area contributed by atoms with Crippen LogP contribution in [0.25, 0.3) is 0 Å². The minimum Gasteiger partial charge on any atom is -0.342 e. The highest BCUT2D eigenvalue weighted by Crippen LogP contribution is 2.25. The fourth-order valence-electron chi connectivity index (χ4n) is 4.20. The van der Waals surface area contributed by atoms with E-state index in [1.54, 1.807) is 18.5 Å². The molecule has 3 heterocycles. The number of amides is 2. The van der Waals surface area contributed by atoms with Crippen LogP contribution in [-0.2, 0) is 9.59 Å². The first-order valence-electron chi connectivity index (χ1n) is 10.4. The summed E-state index contributed by atoms with van der Waals surface area (Å²) in [5.74, 6) is 0.879. The van der Waals surface area contributed by atoms with Gasteiger partial charge in [0.1, 0.15) is 0 Å². The first kappa shape index (κ1) is 19.4. The standard InChI is InChI=1S/C22H27N5O2/c28-20(25-19-7-2-1-3-8-19)17-9-14-26(15-10-17)21(29)18-6-4-13-27(16-18)22-23-11-5-12-24-22/h1-3,5,7-8,11-12,17-18H,4,6,9-10,13-16H2,(H,25,28). The molecule has 0 radical (unpaired) electrons. The highest BCUT2D eigenvalue weighted by atomic mass is 16.2. The lowest BCUT2D eigenvalue weighted by molar-refractivity contribution is -0.138. The topological polar surface area (TPSA) is 78.4 Å². The van der Waals surface area contributed by atoms with Crippen LogP contribution in [0.5, 0.6) is 0 Å². The maximum Gasteiger partial charge on any atom is 0.227 e. The van der Waals surface area contributed by atoms with E-state index in [1.165, 1.54) is 0 Å². The summed E-state index contributed by atoms with van der Waals surface area (Å²) < 4.78 is 0. The monoisotopic (exact) mass is 393 g/mol. The highest BCUT2D eigenvalue weighted by Gasteiger charge is 2.33. The molecule has 7 heteroatoms. The van der Waals surface area contributed by atoms with Crippen molar-refractivity contribution < 1.29 is 9.59 Å². The van der Waals surface area contributed by atoms with Crippen LogP contribution in [0.3, 0.4) is 0 Å². The van der Waals surface area contributed by atoms with Crippen molar-refractivity contribution in [3.05, 3.63) is 48.8 Å². The number of para-hydroxylation sites is 1. The van der Waals surface area contributed by atoms with Crippen LogP contribution in [0.2, 0.25) is 0 Å². The van der Waals surface area contributed by atoms with Gasteiger partial charge < -0.3 is 15.1 Å². The molecule has 1 unspecified atom stereocenters. The molecule has 1 aromatic heterocycles. The fraction of sp³-hybridized carbons (Fsp3) is 0.455. The molecule has 2 aliphatic heterocycles. The molecule has 152 valence electrons. The third kappa shape index (κ3) is 4.72. The molecule has 2 amide bonds. The van der Waals surface area contributed by atoms with Crippen LogP contribution in [-0.4, -0.2) is 52.9 Å². The van der Waals surface area contributed by atoms with Crippen molar-refractivity contribution in [2.24, 2.45) is 11.8 Å². The Morgan fingerprint density at radius 2 is 1.62 bits per heavy atom. The second-order valence-electron chi connectivity index (χ2n) is 7.79. The summed E-state index contributed by atoms with van der Waals surface area (Å²) in [7, 11) is 0. The third-order valence-electron chi connectivity index (χ3n) is 5.82. The largest absolute Gasteiger partial charge is 0.342 e. The number of anilines is 2. The van der Waals surface area contributed by atoms with E-state index in [0.717, 1.165) is 25.1 Å². The average Bonchev–Trinajstić information content (AvgIpc) is 2.80. The van der Waals surface area contributed by atoms with Gasteiger partial charge in [0, 0.05) is 50.2 Å². The van der Waals surface area contributed by atoms with Gasteiger partial charge in [0.05, 0.1) is 5.92 Å². The quantitative estimate of drug-likeness (QED) is 0.864. The molecule has 0 saturated carbocycles. The number of hydrogen-bond acceptors (Lipinski definition) is 5. The molecule has 4 rings (SSSR count). The molecule has 0 aliphatic carbocycles. The van der Waals surface area contributed by atoms with Crippen molar-refractivity contribution in [1.29, 1.82) is 0 Å². The van der Waals surface area contributed by atoms with Gasteiger partial charge in [-0.15, -0.1) is 0 Å². The van der Waals surface area contributed by atoms with Crippen molar-refractivity contribution in [2.75, 3.05) is 36.4 Å². The molecule has 0 spiro atoms. The minimum atomic E-state index is -0.0418. The number of carbonyl (C=O) groups is 2. The number of aromatic nitrogens is 2. The number of hydrogen-bond donors (Lipinski definition) is 1.